The van der Waals surface area contributed by atoms with Gasteiger partial charge in [0.15, 0.2) is 0 Å². The first kappa shape index (κ1) is 15.2. The number of aryl methyl sites for hydroxylation is 1. The first-order chi connectivity index (χ1) is 9.56. The molecule has 0 aliphatic heterocycles. The maximum atomic E-state index is 6.62. The number of rotatable bonds is 4. The molecule has 0 aliphatic carbocycles. The van der Waals surface area contributed by atoms with Crippen molar-refractivity contribution in [2.45, 2.75) is 12.3 Å². The molecule has 0 aliphatic rings. The minimum atomic E-state index is -0.286. The van der Waals surface area contributed by atoms with Crippen molar-refractivity contribution in [2.24, 2.45) is 0 Å². The van der Waals surface area contributed by atoms with Gasteiger partial charge in [-0.15, -0.1) is 11.6 Å². The number of hydrogen-bond donors (Lipinski definition) is 0. The number of hydrogen-bond acceptors (Lipinski definition) is 2. The highest BCUT2D eigenvalue weighted by Crippen LogP contribution is 2.39. The van der Waals surface area contributed by atoms with Crippen LogP contribution in [0.25, 0.3) is 0 Å². The van der Waals surface area contributed by atoms with Crippen molar-refractivity contribution in [3.05, 3.63) is 57.6 Å². The van der Waals surface area contributed by atoms with Crippen LogP contribution in [-0.2, 0) is 0 Å². The Bertz CT molecular complexity index is 613. The fourth-order valence-corrected chi connectivity index (χ4v) is 3.26. The maximum absolute atomic E-state index is 6.62. The molecule has 20 heavy (non-hydrogen) atoms. The van der Waals surface area contributed by atoms with E-state index in [0.29, 0.717) is 0 Å². The van der Waals surface area contributed by atoms with Crippen molar-refractivity contribution >= 4 is 27.5 Å². The third kappa shape index (κ3) is 3.10. The molecule has 2 aromatic rings. The molecule has 0 amide bonds. The Balaban J connectivity index is 2.44. The lowest BCUT2D eigenvalue weighted by molar-refractivity contribution is 0.391. The molecule has 4 heteroatoms. The van der Waals surface area contributed by atoms with Crippen LogP contribution >= 0.6 is 27.5 Å². The first-order valence-electron chi connectivity index (χ1n) is 6.19. The second kappa shape index (κ2) is 6.51. The average Bonchev–Trinajstić information content (AvgIpc) is 2.46. The van der Waals surface area contributed by atoms with E-state index in [1.165, 1.54) is 5.56 Å². The van der Waals surface area contributed by atoms with Gasteiger partial charge in [-0.05, 0) is 36.2 Å². The molecule has 2 aromatic carbocycles. The minimum Gasteiger partial charge on any atom is -0.497 e. The van der Waals surface area contributed by atoms with Crippen LogP contribution < -0.4 is 9.47 Å². The third-order valence-electron chi connectivity index (χ3n) is 3.14. The molecular formula is C16H16BrClO2. The quantitative estimate of drug-likeness (QED) is 0.710. The molecule has 0 heterocycles. The molecule has 0 saturated carbocycles. The van der Waals surface area contributed by atoms with Crippen molar-refractivity contribution < 1.29 is 9.47 Å². The van der Waals surface area contributed by atoms with Crippen LogP contribution in [0.5, 0.6) is 11.5 Å². The lowest BCUT2D eigenvalue weighted by Crippen LogP contribution is -1.99. The fraction of sp³-hybridized carbons (Fsp3) is 0.250. The van der Waals surface area contributed by atoms with Gasteiger partial charge in [0, 0.05) is 16.1 Å². The number of ether oxygens (including phenoxy) is 2. The maximum Gasteiger partial charge on any atom is 0.127 e. The van der Waals surface area contributed by atoms with Crippen LogP contribution in [0.3, 0.4) is 0 Å². The monoisotopic (exact) mass is 354 g/mol. The summed E-state index contributed by atoms with van der Waals surface area (Å²) in [6.45, 7) is 2.05. The molecule has 0 bridgehead atoms. The van der Waals surface area contributed by atoms with Crippen molar-refractivity contribution in [3.63, 3.8) is 0 Å². The SMILES string of the molecule is COc1ccc(C(Cl)c2ccc(C)cc2Br)c(OC)c1. The van der Waals surface area contributed by atoms with Crippen LogP contribution in [0, 0.1) is 6.92 Å². The summed E-state index contributed by atoms with van der Waals surface area (Å²) in [6, 6.07) is 11.8. The van der Waals surface area contributed by atoms with Crippen LogP contribution in [0.4, 0.5) is 0 Å². The van der Waals surface area contributed by atoms with E-state index >= 15 is 0 Å². The minimum absolute atomic E-state index is 0.286. The second-order valence-electron chi connectivity index (χ2n) is 4.50. The van der Waals surface area contributed by atoms with E-state index in [4.69, 9.17) is 21.1 Å². The van der Waals surface area contributed by atoms with E-state index in [2.05, 4.69) is 22.0 Å². The molecule has 0 saturated heterocycles. The Labute approximate surface area is 132 Å². The van der Waals surface area contributed by atoms with Gasteiger partial charge in [0.05, 0.1) is 19.6 Å². The fourth-order valence-electron chi connectivity index (χ4n) is 2.03. The van der Waals surface area contributed by atoms with Crippen molar-refractivity contribution in [3.8, 4) is 11.5 Å². The predicted molar refractivity (Wildman–Crippen MR) is 86.1 cm³/mol. The molecule has 0 spiro atoms. The highest BCUT2D eigenvalue weighted by molar-refractivity contribution is 9.10. The summed E-state index contributed by atoms with van der Waals surface area (Å²) in [6.07, 6.45) is 0. The molecular weight excluding hydrogens is 340 g/mol. The Morgan fingerprint density at radius 1 is 1.00 bits per heavy atom. The molecule has 1 atom stereocenters. The van der Waals surface area contributed by atoms with E-state index < -0.39 is 0 Å². The van der Waals surface area contributed by atoms with Crippen molar-refractivity contribution in [1.29, 1.82) is 0 Å². The van der Waals surface area contributed by atoms with Crippen LogP contribution in [0.1, 0.15) is 22.1 Å². The smallest absolute Gasteiger partial charge is 0.127 e. The summed E-state index contributed by atoms with van der Waals surface area (Å²) >= 11 is 10.2. The predicted octanol–water partition coefficient (Wildman–Crippen LogP) is 5.10. The van der Waals surface area contributed by atoms with Gasteiger partial charge in [-0.2, -0.15) is 0 Å². The Hall–Kier alpha value is -1.19. The molecule has 0 fully saturated rings. The zero-order valence-corrected chi connectivity index (χ0v) is 14.0. The summed E-state index contributed by atoms with van der Waals surface area (Å²) < 4.78 is 11.6. The topological polar surface area (TPSA) is 18.5 Å². The second-order valence-corrected chi connectivity index (χ2v) is 5.79. The normalized spacial score (nSPS) is 12.1. The van der Waals surface area contributed by atoms with Crippen LogP contribution in [0.15, 0.2) is 40.9 Å². The zero-order valence-electron chi connectivity index (χ0n) is 11.6. The Kier molecular flexibility index (Phi) is 4.95. The lowest BCUT2D eigenvalue weighted by atomic mass is 10.0. The molecule has 106 valence electrons. The summed E-state index contributed by atoms with van der Waals surface area (Å²) in [5, 5.41) is -0.286. The van der Waals surface area contributed by atoms with Gasteiger partial charge < -0.3 is 9.47 Å². The Morgan fingerprint density at radius 3 is 2.30 bits per heavy atom. The van der Waals surface area contributed by atoms with E-state index in [-0.39, 0.29) is 5.38 Å². The highest BCUT2D eigenvalue weighted by atomic mass is 79.9. The highest BCUT2D eigenvalue weighted by Gasteiger charge is 2.18. The number of benzene rings is 2. The van der Waals surface area contributed by atoms with Crippen LogP contribution in [0.2, 0.25) is 0 Å². The van der Waals surface area contributed by atoms with Gasteiger partial charge in [0.25, 0.3) is 0 Å². The van der Waals surface area contributed by atoms with Gasteiger partial charge in [0.1, 0.15) is 11.5 Å². The van der Waals surface area contributed by atoms with Gasteiger partial charge >= 0.3 is 0 Å². The molecule has 2 rings (SSSR count). The van der Waals surface area contributed by atoms with E-state index in [1.54, 1.807) is 14.2 Å². The number of alkyl halides is 1. The van der Waals surface area contributed by atoms with E-state index in [9.17, 15) is 0 Å². The summed E-state index contributed by atoms with van der Waals surface area (Å²) in [7, 11) is 3.26. The standard InChI is InChI=1S/C16H16BrClO2/c1-10-4-6-12(14(17)8-10)16(18)13-7-5-11(19-2)9-15(13)20-3/h4-9,16H,1-3H3. The summed E-state index contributed by atoms with van der Waals surface area (Å²) in [4.78, 5) is 0. The third-order valence-corrected chi connectivity index (χ3v) is 4.30. The molecule has 0 radical (unpaired) electrons. The molecule has 1 unspecified atom stereocenters. The molecule has 2 nitrogen and oxygen atoms in total. The van der Waals surface area contributed by atoms with Gasteiger partial charge in [0.2, 0.25) is 0 Å². The lowest BCUT2D eigenvalue weighted by Gasteiger charge is -2.17. The number of halogens is 2. The molecule has 0 aromatic heterocycles. The van der Waals surface area contributed by atoms with Crippen molar-refractivity contribution in [1.82, 2.24) is 0 Å². The average molecular weight is 356 g/mol. The zero-order chi connectivity index (χ0) is 14.7. The van der Waals surface area contributed by atoms with Gasteiger partial charge in [-0.1, -0.05) is 28.1 Å². The van der Waals surface area contributed by atoms with Gasteiger partial charge in [-0.3, -0.25) is 0 Å². The summed E-state index contributed by atoms with van der Waals surface area (Å²) in [5.74, 6) is 1.47. The van der Waals surface area contributed by atoms with E-state index in [0.717, 1.165) is 27.1 Å². The largest absolute Gasteiger partial charge is 0.497 e. The number of methoxy groups -OCH3 is 2. The summed E-state index contributed by atoms with van der Waals surface area (Å²) in [5.41, 5.74) is 3.12. The van der Waals surface area contributed by atoms with E-state index in [1.807, 2.05) is 37.3 Å². The van der Waals surface area contributed by atoms with Crippen LogP contribution in [-0.4, -0.2) is 14.2 Å². The van der Waals surface area contributed by atoms with Gasteiger partial charge in [-0.25, -0.2) is 0 Å². The molecule has 0 N–H and O–H groups in total. The van der Waals surface area contributed by atoms with Crippen molar-refractivity contribution in [2.75, 3.05) is 14.2 Å². The first-order valence-corrected chi connectivity index (χ1v) is 7.41. The Morgan fingerprint density at radius 2 is 1.70 bits per heavy atom.